The first kappa shape index (κ1) is 27.3. The molecule has 0 aromatic heterocycles. The fourth-order valence-electron chi connectivity index (χ4n) is 3.18. The number of carbonyl (C=O) groups excluding carboxylic acids is 2. The van der Waals surface area contributed by atoms with Crippen LogP contribution in [0, 0.1) is 40.5 Å². The molecule has 0 fully saturated rings. The predicted molar refractivity (Wildman–Crippen MR) is 129 cm³/mol. The number of hydrogen-bond donors (Lipinski definition) is 3. The largest absolute Gasteiger partial charge is 0.478 e. The van der Waals surface area contributed by atoms with Crippen molar-refractivity contribution in [1.82, 2.24) is 0 Å². The van der Waals surface area contributed by atoms with Crippen molar-refractivity contribution in [3.05, 3.63) is 112 Å². The van der Waals surface area contributed by atoms with Gasteiger partial charge in [-0.1, -0.05) is 0 Å². The van der Waals surface area contributed by atoms with E-state index < -0.39 is 76.9 Å². The summed E-state index contributed by atoms with van der Waals surface area (Å²) in [5.41, 5.74) is -5.06. The van der Waals surface area contributed by atoms with E-state index in [1.807, 2.05) is 0 Å². The first-order chi connectivity index (χ1) is 18.2. The minimum atomic E-state index is -1.52. The van der Waals surface area contributed by atoms with E-state index in [1.54, 1.807) is 0 Å². The third-order valence-electron chi connectivity index (χ3n) is 4.87. The van der Waals surface area contributed by atoms with Crippen LogP contribution in [0.1, 0.15) is 31.1 Å². The third-order valence-corrected chi connectivity index (χ3v) is 4.87. The number of carbonyl (C=O) groups is 3. The smallest absolute Gasteiger partial charge is 0.335 e. The van der Waals surface area contributed by atoms with Gasteiger partial charge >= 0.3 is 5.97 Å². The normalized spacial score (nSPS) is 10.3. The third kappa shape index (κ3) is 6.46. The van der Waals surface area contributed by atoms with Crippen molar-refractivity contribution in [3.8, 4) is 0 Å². The Labute approximate surface area is 214 Å². The molecule has 0 saturated carbocycles. The molecule has 3 aromatic rings. The van der Waals surface area contributed by atoms with Crippen LogP contribution in [0.5, 0.6) is 0 Å². The van der Waals surface area contributed by atoms with E-state index in [-0.39, 0.29) is 11.4 Å². The van der Waals surface area contributed by atoms with Crippen molar-refractivity contribution in [2.75, 3.05) is 10.6 Å². The number of non-ortho nitro benzene ring substituents is 4. The Kier molecular flexibility index (Phi) is 7.51. The highest BCUT2D eigenvalue weighted by molar-refractivity contribution is 6.08. The average Bonchev–Trinajstić information content (AvgIpc) is 2.87. The number of rotatable bonds is 9. The van der Waals surface area contributed by atoms with Gasteiger partial charge in [0.15, 0.2) is 0 Å². The minimum absolute atomic E-state index is 0.269. The molecule has 0 bridgehead atoms. The lowest BCUT2D eigenvalue weighted by Gasteiger charge is -2.11. The van der Waals surface area contributed by atoms with Crippen LogP contribution in [0.4, 0.5) is 34.1 Å². The molecule has 18 nitrogen and oxygen atoms in total. The molecule has 0 spiro atoms. The van der Waals surface area contributed by atoms with Gasteiger partial charge in [0.1, 0.15) is 0 Å². The van der Waals surface area contributed by atoms with Gasteiger partial charge in [0, 0.05) is 35.6 Å². The SMILES string of the molecule is O=C(O)c1cc(NC(=O)c2cc([N+](=O)[O-])cc([N+](=O)[O-])c2)cc(NC(=O)c2cc([N+](=O)[O-])cc([N+](=O)[O-])c2)c1. The molecule has 0 saturated heterocycles. The van der Waals surface area contributed by atoms with Crippen molar-refractivity contribution in [2.24, 2.45) is 0 Å². The molecule has 0 atom stereocenters. The molecule has 3 N–H and O–H groups in total. The van der Waals surface area contributed by atoms with Crippen LogP contribution in [0.3, 0.4) is 0 Å². The molecule has 0 aliphatic rings. The Bertz CT molecular complexity index is 1430. The summed E-state index contributed by atoms with van der Waals surface area (Å²) in [5, 5.41) is 58.1. The minimum Gasteiger partial charge on any atom is -0.478 e. The number of hydrogen-bond acceptors (Lipinski definition) is 11. The highest BCUT2D eigenvalue weighted by Gasteiger charge is 2.22. The Morgan fingerprint density at radius 1 is 0.513 bits per heavy atom. The molecule has 0 radical (unpaired) electrons. The van der Waals surface area contributed by atoms with Crippen LogP contribution in [0.2, 0.25) is 0 Å². The number of anilines is 2. The maximum atomic E-state index is 12.7. The zero-order valence-corrected chi connectivity index (χ0v) is 18.9. The summed E-state index contributed by atoms with van der Waals surface area (Å²) < 4.78 is 0. The Morgan fingerprint density at radius 2 is 0.821 bits per heavy atom. The predicted octanol–water partition coefficient (Wildman–Crippen LogP) is 3.52. The zero-order chi connectivity index (χ0) is 29.0. The standard InChI is InChI=1S/C21H12N6O12/c28-19(10-3-15(24(32)33)8-16(4-10)25(34)35)22-13-1-12(21(30)31)2-14(7-13)23-20(29)11-5-17(26(36)37)9-18(6-11)27(38)39/h1-9H,(H,22,28)(H,23,29)(H,30,31). The van der Waals surface area contributed by atoms with E-state index in [4.69, 9.17) is 0 Å². The molecule has 3 aromatic carbocycles. The molecular weight excluding hydrogens is 528 g/mol. The molecule has 0 aliphatic heterocycles. The maximum absolute atomic E-state index is 12.7. The van der Waals surface area contributed by atoms with E-state index in [0.29, 0.717) is 12.1 Å². The molecule has 0 heterocycles. The van der Waals surface area contributed by atoms with Gasteiger partial charge in [0.05, 0.1) is 48.5 Å². The number of nitro groups is 4. The van der Waals surface area contributed by atoms with Crippen LogP contribution in [-0.2, 0) is 0 Å². The number of nitrogens with zero attached hydrogens (tertiary/aromatic N) is 4. The second-order valence-electron chi connectivity index (χ2n) is 7.52. The molecule has 2 amide bonds. The number of nitrogens with one attached hydrogen (secondary N) is 2. The number of carboxylic acids is 1. The van der Waals surface area contributed by atoms with Gasteiger partial charge in [-0.05, 0) is 18.2 Å². The van der Waals surface area contributed by atoms with E-state index in [0.717, 1.165) is 42.5 Å². The summed E-state index contributed by atoms with van der Waals surface area (Å²) in [5.74, 6) is -3.72. The van der Waals surface area contributed by atoms with Gasteiger partial charge < -0.3 is 15.7 Å². The summed E-state index contributed by atoms with van der Waals surface area (Å²) in [6.45, 7) is 0. The van der Waals surface area contributed by atoms with Crippen LogP contribution in [-0.4, -0.2) is 42.6 Å². The fraction of sp³-hybridized carbons (Fsp3) is 0. The number of nitro benzene ring substituents is 4. The molecule has 18 heteroatoms. The van der Waals surface area contributed by atoms with Crippen molar-refractivity contribution in [2.45, 2.75) is 0 Å². The van der Waals surface area contributed by atoms with Crippen molar-refractivity contribution in [3.63, 3.8) is 0 Å². The van der Waals surface area contributed by atoms with Gasteiger partial charge in [-0.15, -0.1) is 0 Å². The van der Waals surface area contributed by atoms with Crippen LogP contribution in [0.25, 0.3) is 0 Å². The van der Waals surface area contributed by atoms with Crippen molar-refractivity contribution >= 4 is 51.9 Å². The molecule has 0 aliphatic carbocycles. The van der Waals surface area contributed by atoms with E-state index in [9.17, 15) is 59.9 Å². The molecule has 0 unspecified atom stereocenters. The van der Waals surface area contributed by atoms with Crippen LogP contribution < -0.4 is 10.6 Å². The average molecular weight is 540 g/mol. The van der Waals surface area contributed by atoms with E-state index in [2.05, 4.69) is 10.6 Å². The molecule has 39 heavy (non-hydrogen) atoms. The summed E-state index contributed by atoms with van der Waals surface area (Å²) in [4.78, 5) is 77.4. The molecular formula is C21H12N6O12. The zero-order valence-electron chi connectivity index (χ0n) is 18.9. The van der Waals surface area contributed by atoms with Gasteiger partial charge in [0.2, 0.25) is 0 Å². The Balaban J connectivity index is 1.97. The number of aromatic carboxylic acids is 1. The van der Waals surface area contributed by atoms with Gasteiger partial charge in [-0.3, -0.25) is 50.0 Å². The van der Waals surface area contributed by atoms with E-state index >= 15 is 0 Å². The molecule has 198 valence electrons. The maximum Gasteiger partial charge on any atom is 0.335 e. The van der Waals surface area contributed by atoms with Crippen LogP contribution in [0.15, 0.2) is 54.6 Å². The summed E-state index contributed by atoms with van der Waals surface area (Å²) >= 11 is 0. The highest BCUT2D eigenvalue weighted by atomic mass is 16.6. The van der Waals surface area contributed by atoms with Crippen molar-refractivity contribution < 1.29 is 39.2 Å². The number of carboxylic acid groups (broad SMARTS) is 1. The number of amides is 2. The Hall–Kier alpha value is -6.33. The lowest BCUT2D eigenvalue weighted by molar-refractivity contribution is -0.394. The second-order valence-corrected chi connectivity index (χ2v) is 7.52. The van der Waals surface area contributed by atoms with Crippen molar-refractivity contribution in [1.29, 1.82) is 0 Å². The fourth-order valence-corrected chi connectivity index (χ4v) is 3.18. The summed E-state index contributed by atoms with van der Waals surface area (Å²) in [7, 11) is 0. The first-order valence-corrected chi connectivity index (χ1v) is 10.1. The van der Waals surface area contributed by atoms with Gasteiger partial charge in [0.25, 0.3) is 34.6 Å². The Morgan fingerprint density at radius 3 is 1.08 bits per heavy atom. The van der Waals surface area contributed by atoms with Crippen LogP contribution >= 0.6 is 0 Å². The summed E-state index contributed by atoms with van der Waals surface area (Å²) in [6.07, 6.45) is 0. The van der Waals surface area contributed by atoms with E-state index in [1.165, 1.54) is 0 Å². The quantitative estimate of drug-likeness (QED) is 0.260. The first-order valence-electron chi connectivity index (χ1n) is 10.1. The lowest BCUT2D eigenvalue weighted by atomic mass is 10.1. The monoisotopic (exact) mass is 540 g/mol. The van der Waals surface area contributed by atoms with Gasteiger partial charge in [-0.25, -0.2) is 4.79 Å². The number of benzene rings is 3. The second kappa shape index (κ2) is 10.7. The highest BCUT2D eigenvalue weighted by Crippen LogP contribution is 2.27. The summed E-state index contributed by atoms with van der Waals surface area (Å²) in [6, 6.07) is 7.20. The lowest BCUT2D eigenvalue weighted by Crippen LogP contribution is -2.16. The molecule has 3 rings (SSSR count). The van der Waals surface area contributed by atoms with Gasteiger partial charge in [-0.2, -0.15) is 0 Å². The topological polar surface area (TPSA) is 268 Å².